The number of hydrogen-bond acceptors (Lipinski definition) is 4. The molecule has 0 saturated carbocycles. The van der Waals surface area contributed by atoms with E-state index in [4.69, 9.17) is 4.74 Å². The van der Waals surface area contributed by atoms with Crippen molar-refractivity contribution >= 4 is 22.1 Å². The van der Waals surface area contributed by atoms with Gasteiger partial charge >= 0.3 is 5.97 Å². The Kier molecular flexibility index (Phi) is 6.91. The molecule has 0 aliphatic rings. The van der Waals surface area contributed by atoms with E-state index in [0.29, 0.717) is 18.6 Å². The second-order valence-electron chi connectivity index (χ2n) is 5.32. The van der Waals surface area contributed by atoms with Crippen LogP contribution < -0.4 is 4.72 Å². The van der Waals surface area contributed by atoms with Gasteiger partial charge < -0.3 is 4.74 Å². The molecule has 0 amide bonds. The molecule has 2 rings (SSSR count). The van der Waals surface area contributed by atoms with Crippen LogP contribution >= 0.6 is 0 Å². The van der Waals surface area contributed by atoms with Crippen molar-refractivity contribution < 1.29 is 17.9 Å². The quantitative estimate of drug-likeness (QED) is 0.736. The lowest BCUT2D eigenvalue weighted by Gasteiger charge is -2.05. The minimum absolute atomic E-state index is 0.278. The van der Waals surface area contributed by atoms with Gasteiger partial charge in [-0.1, -0.05) is 42.5 Å². The maximum absolute atomic E-state index is 12.0. The summed E-state index contributed by atoms with van der Waals surface area (Å²) < 4.78 is 31.3. The first-order valence-corrected chi connectivity index (χ1v) is 9.53. The zero-order valence-corrected chi connectivity index (χ0v) is 14.8. The van der Waals surface area contributed by atoms with Crippen LogP contribution in [0.15, 0.2) is 60.0 Å². The Bertz CT molecular complexity index is 812. The Balaban J connectivity index is 1.85. The van der Waals surface area contributed by atoms with Crippen molar-refractivity contribution in [3.63, 3.8) is 0 Å². The predicted octanol–water partition coefficient (Wildman–Crippen LogP) is 3.00. The fourth-order valence-corrected chi connectivity index (χ4v) is 2.96. The zero-order chi connectivity index (χ0) is 18.1. The van der Waals surface area contributed by atoms with Gasteiger partial charge in [-0.3, -0.25) is 0 Å². The van der Waals surface area contributed by atoms with Crippen LogP contribution in [0.3, 0.4) is 0 Å². The summed E-state index contributed by atoms with van der Waals surface area (Å²) in [6.45, 7) is 2.36. The highest BCUT2D eigenvalue weighted by Crippen LogP contribution is 2.07. The first-order chi connectivity index (χ1) is 12.0. The second kappa shape index (κ2) is 9.15. The molecule has 5 nitrogen and oxygen atoms in total. The molecule has 0 radical (unpaired) electrons. The minimum atomic E-state index is -3.48. The topological polar surface area (TPSA) is 72.5 Å². The van der Waals surface area contributed by atoms with E-state index in [-0.39, 0.29) is 12.5 Å². The zero-order valence-electron chi connectivity index (χ0n) is 14.0. The number of carbonyl (C=O) groups is 1. The smallest absolute Gasteiger partial charge is 0.338 e. The molecule has 0 fully saturated rings. The highest BCUT2D eigenvalue weighted by molar-refractivity contribution is 7.92. The van der Waals surface area contributed by atoms with E-state index in [1.165, 1.54) is 0 Å². The molecule has 0 heterocycles. The fourth-order valence-electron chi connectivity index (χ4n) is 2.14. The summed E-state index contributed by atoms with van der Waals surface area (Å²) in [5.74, 6) is -0.360. The van der Waals surface area contributed by atoms with E-state index < -0.39 is 10.0 Å². The average molecular weight is 359 g/mol. The number of benzene rings is 2. The maximum atomic E-state index is 12.0. The highest BCUT2D eigenvalue weighted by atomic mass is 32.2. The summed E-state index contributed by atoms with van der Waals surface area (Å²) in [4.78, 5) is 11.6. The van der Waals surface area contributed by atoms with Crippen LogP contribution in [0.1, 0.15) is 28.4 Å². The first kappa shape index (κ1) is 18.9. The number of sulfonamides is 1. The van der Waals surface area contributed by atoms with Crippen molar-refractivity contribution in [2.75, 3.05) is 13.2 Å². The third kappa shape index (κ3) is 6.52. The monoisotopic (exact) mass is 359 g/mol. The van der Waals surface area contributed by atoms with E-state index in [0.717, 1.165) is 16.5 Å². The number of hydrogen-bond donors (Lipinski definition) is 1. The van der Waals surface area contributed by atoms with E-state index in [1.54, 1.807) is 37.3 Å². The summed E-state index contributed by atoms with van der Waals surface area (Å²) in [5, 5.41) is 1.16. The first-order valence-electron chi connectivity index (χ1n) is 7.99. The summed E-state index contributed by atoms with van der Waals surface area (Å²) in [5.41, 5.74) is 2.24. The molecule has 1 N–H and O–H groups in total. The third-order valence-electron chi connectivity index (χ3n) is 3.42. The summed E-state index contributed by atoms with van der Waals surface area (Å²) >= 11 is 0. The lowest BCUT2D eigenvalue weighted by atomic mass is 10.1. The van der Waals surface area contributed by atoms with Crippen LogP contribution in [0.25, 0.3) is 6.08 Å². The fraction of sp³-hybridized carbons (Fsp3) is 0.211. The van der Waals surface area contributed by atoms with Gasteiger partial charge in [0.25, 0.3) is 0 Å². The minimum Gasteiger partial charge on any atom is -0.462 e. The van der Waals surface area contributed by atoms with E-state index >= 15 is 0 Å². The van der Waals surface area contributed by atoms with Gasteiger partial charge in [-0.2, -0.15) is 0 Å². The molecule has 25 heavy (non-hydrogen) atoms. The molecule has 0 saturated heterocycles. The Labute approximate surface area is 148 Å². The van der Waals surface area contributed by atoms with Gasteiger partial charge in [0.1, 0.15) is 0 Å². The predicted molar refractivity (Wildman–Crippen MR) is 98.5 cm³/mol. The Morgan fingerprint density at radius 3 is 2.40 bits per heavy atom. The van der Waals surface area contributed by atoms with Gasteiger partial charge in [-0.25, -0.2) is 17.9 Å². The lowest BCUT2D eigenvalue weighted by Crippen LogP contribution is -2.23. The normalized spacial score (nSPS) is 11.6. The molecule has 132 valence electrons. The average Bonchev–Trinajstić information content (AvgIpc) is 2.62. The van der Waals surface area contributed by atoms with Crippen LogP contribution in [0.4, 0.5) is 0 Å². The molecule has 0 spiro atoms. The van der Waals surface area contributed by atoms with Crippen molar-refractivity contribution in [1.29, 1.82) is 0 Å². The van der Waals surface area contributed by atoms with Gasteiger partial charge in [0.15, 0.2) is 0 Å². The van der Waals surface area contributed by atoms with Gasteiger partial charge in [-0.05, 0) is 42.7 Å². The molecule has 0 atom stereocenters. The van der Waals surface area contributed by atoms with Crippen LogP contribution in [-0.2, 0) is 21.2 Å². The molecule has 0 aliphatic carbocycles. The van der Waals surface area contributed by atoms with Crippen LogP contribution in [0.2, 0.25) is 0 Å². The number of nitrogens with one attached hydrogen (secondary N) is 1. The standard InChI is InChI=1S/C19H21NO4S/c1-2-24-19(21)18-10-8-17(9-11-18)12-14-20-25(22,23)15-13-16-6-4-3-5-7-16/h3-11,13,15,20H,2,12,14H2,1H3. The third-order valence-corrected chi connectivity index (χ3v) is 4.52. The Morgan fingerprint density at radius 1 is 1.08 bits per heavy atom. The maximum Gasteiger partial charge on any atom is 0.338 e. The number of esters is 1. The Morgan fingerprint density at radius 2 is 1.76 bits per heavy atom. The highest BCUT2D eigenvalue weighted by Gasteiger charge is 2.07. The van der Waals surface area contributed by atoms with Gasteiger partial charge in [0, 0.05) is 12.0 Å². The second-order valence-corrected chi connectivity index (χ2v) is 6.97. The molecule has 2 aromatic rings. The summed E-state index contributed by atoms with van der Waals surface area (Å²) in [6.07, 6.45) is 2.08. The van der Waals surface area contributed by atoms with Crippen LogP contribution in [0, 0.1) is 0 Å². The molecule has 0 unspecified atom stereocenters. The van der Waals surface area contributed by atoms with Crippen molar-refractivity contribution in [2.24, 2.45) is 0 Å². The van der Waals surface area contributed by atoms with Crippen molar-refractivity contribution in [3.05, 3.63) is 76.7 Å². The molecule has 0 bridgehead atoms. The van der Waals surface area contributed by atoms with Crippen LogP contribution in [0.5, 0.6) is 0 Å². The lowest BCUT2D eigenvalue weighted by molar-refractivity contribution is 0.0526. The molecule has 0 aromatic heterocycles. The summed E-state index contributed by atoms with van der Waals surface area (Å²) in [6, 6.07) is 16.2. The molecule has 6 heteroatoms. The number of ether oxygens (including phenoxy) is 1. The Hall–Kier alpha value is -2.44. The van der Waals surface area contributed by atoms with Crippen LogP contribution in [-0.4, -0.2) is 27.5 Å². The molecular weight excluding hydrogens is 338 g/mol. The molecule has 0 aliphatic heterocycles. The number of carbonyl (C=O) groups excluding carboxylic acids is 1. The molecular formula is C19H21NO4S. The van der Waals surface area contributed by atoms with Gasteiger partial charge in [0.05, 0.1) is 12.2 Å². The largest absolute Gasteiger partial charge is 0.462 e. The van der Waals surface area contributed by atoms with Crippen molar-refractivity contribution in [1.82, 2.24) is 4.72 Å². The summed E-state index contributed by atoms with van der Waals surface area (Å²) in [7, 11) is -3.48. The van der Waals surface area contributed by atoms with E-state index in [1.807, 2.05) is 30.3 Å². The SMILES string of the molecule is CCOC(=O)c1ccc(CCNS(=O)(=O)C=Cc2ccccc2)cc1. The van der Waals surface area contributed by atoms with Gasteiger partial charge in [-0.15, -0.1) is 0 Å². The van der Waals surface area contributed by atoms with Crippen molar-refractivity contribution in [3.8, 4) is 0 Å². The van der Waals surface area contributed by atoms with E-state index in [9.17, 15) is 13.2 Å². The van der Waals surface area contributed by atoms with E-state index in [2.05, 4.69) is 4.72 Å². The van der Waals surface area contributed by atoms with Gasteiger partial charge in [0.2, 0.25) is 10.0 Å². The number of rotatable bonds is 8. The molecule has 2 aromatic carbocycles. The van der Waals surface area contributed by atoms with Crippen molar-refractivity contribution in [2.45, 2.75) is 13.3 Å².